The Labute approximate surface area is 117 Å². The van der Waals surface area contributed by atoms with Gasteiger partial charge in [0.25, 0.3) is 0 Å². The number of fused-ring (bicyclic) bond motifs is 1. The zero-order valence-corrected chi connectivity index (χ0v) is 11.9. The molecule has 2 atom stereocenters. The average Bonchev–Trinajstić information content (AvgIpc) is 2.83. The summed E-state index contributed by atoms with van der Waals surface area (Å²) in [6.07, 6.45) is 5.22. The maximum atomic E-state index is 11.4. The van der Waals surface area contributed by atoms with Crippen LogP contribution in [0.25, 0.3) is 0 Å². The first-order valence-corrected chi connectivity index (χ1v) is 8.70. The number of rotatable bonds is 4. The molecule has 1 N–H and O–H groups in total. The molecule has 4 saturated carbocycles. The zero-order valence-electron chi connectivity index (χ0n) is 11.1. The number of ether oxygens (including phenoxy) is 2. The molecule has 1 spiro atoms. The van der Waals surface area contributed by atoms with Gasteiger partial charge in [-0.1, -0.05) is 0 Å². The maximum Gasteiger partial charge on any atom is 0.509 e. The molecule has 0 aromatic rings. The molecular formula is C13H18O6S. The van der Waals surface area contributed by atoms with Crippen molar-refractivity contribution in [3.05, 3.63) is 0 Å². The van der Waals surface area contributed by atoms with Crippen LogP contribution in [0.5, 0.6) is 0 Å². The largest absolute Gasteiger partial charge is 0.509 e. The van der Waals surface area contributed by atoms with E-state index in [1.807, 2.05) is 0 Å². The van der Waals surface area contributed by atoms with Crippen LogP contribution in [-0.2, 0) is 19.6 Å². The molecule has 2 unspecified atom stereocenters. The maximum absolute atomic E-state index is 11.4. The fourth-order valence-corrected chi connectivity index (χ4v) is 6.25. The van der Waals surface area contributed by atoms with Crippen molar-refractivity contribution < 1.29 is 27.2 Å². The van der Waals surface area contributed by atoms with Crippen LogP contribution in [0.2, 0.25) is 0 Å². The molecular weight excluding hydrogens is 284 g/mol. The second-order valence-electron chi connectivity index (χ2n) is 7.05. The third-order valence-corrected chi connectivity index (χ3v) is 6.79. The molecule has 4 aliphatic rings. The molecule has 2 bridgehead atoms. The fraction of sp³-hybridized carbons (Fsp3) is 0.923. The van der Waals surface area contributed by atoms with Gasteiger partial charge in [-0.2, -0.15) is 8.42 Å². The SMILES string of the molecule is O=C(OCC12CC3CC4CC(C1)C32C4)OCS(=O)(=O)O. The van der Waals surface area contributed by atoms with Gasteiger partial charge in [-0.25, -0.2) is 4.79 Å². The number of carbonyl (C=O) groups is 1. The van der Waals surface area contributed by atoms with Crippen LogP contribution in [0.15, 0.2) is 0 Å². The fourth-order valence-electron chi connectivity index (χ4n) is 6.00. The summed E-state index contributed by atoms with van der Waals surface area (Å²) < 4.78 is 39.0. The lowest BCUT2D eigenvalue weighted by Crippen LogP contribution is -2.70. The van der Waals surface area contributed by atoms with Crippen LogP contribution in [0.1, 0.15) is 32.1 Å². The Kier molecular flexibility index (Phi) is 2.37. The smallest absolute Gasteiger partial charge is 0.434 e. The van der Waals surface area contributed by atoms with E-state index in [0.29, 0.717) is 12.0 Å². The summed E-state index contributed by atoms with van der Waals surface area (Å²) in [7, 11) is -4.30. The Hall–Kier alpha value is -0.820. The summed E-state index contributed by atoms with van der Waals surface area (Å²) in [5, 5.41) is 0. The van der Waals surface area contributed by atoms with Crippen molar-refractivity contribution in [2.45, 2.75) is 32.1 Å². The quantitative estimate of drug-likeness (QED) is 0.629. The Morgan fingerprint density at radius 3 is 2.35 bits per heavy atom. The molecule has 0 aliphatic heterocycles. The summed E-state index contributed by atoms with van der Waals surface area (Å²) >= 11 is 0. The van der Waals surface area contributed by atoms with E-state index in [9.17, 15) is 13.2 Å². The third-order valence-electron chi connectivity index (χ3n) is 6.37. The van der Waals surface area contributed by atoms with Gasteiger partial charge in [0.05, 0.1) is 0 Å². The standard InChI is InChI=1S/C13H18O6S/c14-11(19-7-20(15,16)17)18-6-12-4-9-1-8-2-10(5-12)13(9,12)3-8/h8-10H,1-7H2,(H,15,16,17). The van der Waals surface area contributed by atoms with Crippen molar-refractivity contribution in [3.8, 4) is 0 Å². The van der Waals surface area contributed by atoms with Gasteiger partial charge < -0.3 is 9.47 Å². The monoisotopic (exact) mass is 302 g/mol. The highest BCUT2D eigenvalue weighted by atomic mass is 32.2. The van der Waals surface area contributed by atoms with Crippen LogP contribution in [-0.4, -0.2) is 31.7 Å². The minimum atomic E-state index is -4.30. The summed E-state index contributed by atoms with van der Waals surface area (Å²) in [6.45, 7) is 0.330. The van der Waals surface area contributed by atoms with Gasteiger partial charge in [0, 0.05) is 5.41 Å². The third kappa shape index (κ3) is 1.48. The van der Waals surface area contributed by atoms with Crippen LogP contribution >= 0.6 is 0 Å². The van der Waals surface area contributed by atoms with Crippen molar-refractivity contribution in [1.29, 1.82) is 0 Å². The van der Waals surface area contributed by atoms with E-state index in [2.05, 4.69) is 4.74 Å². The average molecular weight is 302 g/mol. The summed E-state index contributed by atoms with van der Waals surface area (Å²) in [5.41, 5.74) is 0.547. The molecule has 0 aromatic heterocycles. The molecule has 0 amide bonds. The number of hydrogen-bond acceptors (Lipinski definition) is 5. The Morgan fingerprint density at radius 2 is 1.80 bits per heavy atom. The van der Waals surface area contributed by atoms with E-state index in [1.165, 1.54) is 19.3 Å². The van der Waals surface area contributed by atoms with E-state index in [-0.39, 0.29) is 5.41 Å². The van der Waals surface area contributed by atoms with Gasteiger partial charge >= 0.3 is 16.3 Å². The molecule has 0 saturated heterocycles. The first-order valence-electron chi connectivity index (χ1n) is 7.09. The van der Waals surface area contributed by atoms with Crippen LogP contribution in [0.3, 0.4) is 0 Å². The minimum absolute atomic E-state index is 0.130. The van der Waals surface area contributed by atoms with Crippen LogP contribution in [0, 0.1) is 28.6 Å². The van der Waals surface area contributed by atoms with Gasteiger partial charge in [-0.3, -0.25) is 4.55 Å². The summed E-state index contributed by atoms with van der Waals surface area (Å²) in [4.78, 5) is 11.4. The molecule has 4 aliphatic carbocycles. The first-order chi connectivity index (χ1) is 9.35. The van der Waals surface area contributed by atoms with Gasteiger partial charge in [-0.15, -0.1) is 0 Å². The highest BCUT2D eigenvalue weighted by Crippen LogP contribution is 2.86. The molecule has 4 rings (SSSR count). The normalized spacial score (nSPS) is 47.1. The van der Waals surface area contributed by atoms with Crippen molar-refractivity contribution in [3.63, 3.8) is 0 Å². The summed E-state index contributed by atoms with van der Waals surface area (Å²) in [5.74, 6) is 1.47. The molecule has 7 heteroatoms. The Morgan fingerprint density at radius 1 is 1.15 bits per heavy atom. The second kappa shape index (κ2) is 3.68. The summed E-state index contributed by atoms with van der Waals surface area (Å²) in [6, 6.07) is 0. The number of hydrogen-bond donors (Lipinski definition) is 1. The molecule has 20 heavy (non-hydrogen) atoms. The van der Waals surface area contributed by atoms with E-state index < -0.39 is 22.2 Å². The van der Waals surface area contributed by atoms with Gasteiger partial charge in [0.15, 0.2) is 0 Å². The van der Waals surface area contributed by atoms with Gasteiger partial charge in [-0.05, 0) is 55.3 Å². The lowest BCUT2D eigenvalue weighted by atomic mass is 9.30. The van der Waals surface area contributed by atoms with Crippen molar-refractivity contribution in [2.75, 3.05) is 12.5 Å². The van der Waals surface area contributed by atoms with Crippen molar-refractivity contribution >= 4 is 16.3 Å². The van der Waals surface area contributed by atoms with E-state index in [1.54, 1.807) is 0 Å². The van der Waals surface area contributed by atoms with Gasteiger partial charge in [0.2, 0.25) is 5.94 Å². The molecule has 112 valence electrons. The lowest BCUT2D eigenvalue weighted by molar-refractivity contribution is -0.276. The van der Waals surface area contributed by atoms with Crippen molar-refractivity contribution in [2.24, 2.45) is 28.6 Å². The topological polar surface area (TPSA) is 89.9 Å². The number of carbonyl (C=O) groups excluding carboxylic acids is 1. The minimum Gasteiger partial charge on any atom is -0.434 e. The molecule has 0 heterocycles. The highest BCUT2D eigenvalue weighted by Gasteiger charge is 2.81. The van der Waals surface area contributed by atoms with Crippen LogP contribution in [0.4, 0.5) is 4.79 Å². The van der Waals surface area contributed by atoms with E-state index in [0.717, 1.165) is 30.6 Å². The lowest BCUT2D eigenvalue weighted by Gasteiger charge is -2.74. The highest BCUT2D eigenvalue weighted by molar-refractivity contribution is 7.85. The van der Waals surface area contributed by atoms with E-state index in [4.69, 9.17) is 9.29 Å². The predicted octanol–water partition coefficient (Wildman–Crippen LogP) is 1.81. The van der Waals surface area contributed by atoms with E-state index >= 15 is 0 Å². The van der Waals surface area contributed by atoms with Gasteiger partial charge in [0.1, 0.15) is 6.61 Å². The Balaban J connectivity index is 1.34. The predicted molar refractivity (Wildman–Crippen MR) is 67.3 cm³/mol. The van der Waals surface area contributed by atoms with Crippen LogP contribution < -0.4 is 0 Å². The zero-order chi connectivity index (χ0) is 14.2. The Bertz CT molecular complexity index is 551. The molecule has 4 fully saturated rings. The first kappa shape index (κ1) is 12.9. The second-order valence-corrected chi connectivity index (χ2v) is 8.45. The molecule has 6 nitrogen and oxygen atoms in total. The molecule has 0 aromatic carbocycles. The van der Waals surface area contributed by atoms with Crippen molar-refractivity contribution in [1.82, 2.24) is 0 Å². The molecule has 0 radical (unpaired) electrons.